The number of nitrogens with zero attached hydrogens (tertiary/aromatic N) is 5. The van der Waals surface area contributed by atoms with Crippen molar-refractivity contribution in [3.8, 4) is 11.5 Å². The van der Waals surface area contributed by atoms with Crippen LogP contribution in [0.15, 0.2) is 44.8 Å². The second-order valence-electron chi connectivity index (χ2n) is 5.07. The van der Waals surface area contributed by atoms with E-state index >= 15 is 0 Å². The summed E-state index contributed by atoms with van der Waals surface area (Å²) >= 11 is 8.66. The molecule has 0 saturated carbocycles. The number of fused-ring (bicyclic) bond motifs is 1. The summed E-state index contributed by atoms with van der Waals surface area (Å²) in [6.07, 6.45) is 0. The highest BCUT2D eigenvalue weighted by Gasteiger charge is 2.12. The van der Waals surface area contributed by atoms with Crippen molar-refractivity contribution in [2.45, 2.75) is 17.9 Å². The standard InChI is InChI=1S/C15H10ClN5O2S2/c1-8-20-21-12(22)6-11(17-14(21)25-8)7-24-15-19-18-13(23-15)9-3-2-4-10(16)5-9/h2-6H,7H2,1H3. The van der Waals surface area contributed by atoms with Gasteiger partial charge in [-0.15, -0.1) is 10.2 Å². The Morgan fingerprint density at radius 1 is 1.32 bits per heavy atom. The third-order valence-electron chi connectivity index (χ3n) is 3.22. The molecule has 4 rings (SSSR count). The molecule has 0 atom stereocenters. The van der Waals surface area contributed by atoms with Crippen molar-refractivity contribution in [2.24, 2.45) is 0 Å². The Hall–Kier alpha value is -2.23. The van der Waals surface area contributed by atoms with Gasteiger partial charge in [0.1, 0.15) is 5.01 Å². The van der Waals surface area contributed by atoms with E-state index < -0.39 is 0 Å². The number of hydrogen-bond donors (Lipinski definition) is 0. The molecule has 0 spiro atoms. The topological polar surface area (TPSA) is 86.2 Å². The van der Waals surface area contributed by atoms with Crippen molar-refractivity contribution in [3.63, 3.8) is 0 Å². The quantitative estimate of drug-likeness (QED) is 0.492. The lowest BCUT2D eigenvalue weighted by atomic mass is 10.2. The molecule has 1 aromatic carbocycles. The first-order valence-corrected chi connectivity index (χ1v) is 9.35. The van der Waals surface area contributed by atoms with Gasteiger partial charge in [0.15, 0.2) is 0 Å². The minimum atomic E-state index is -0.199. The van der Waals surface area contributed by atoms with E-state index in [0.717, 1.165) is 10.6 Å². The zero-order valence-electron chi connectivity index (χ0n) is 12.8. The molecule has 25 heavy (non-hydrogen) atoms. The highest BCUT2D eigenvalue weighted by Crippen LogP contribution is 2.26. The van der Waals surface area contributed by atoms with Gasteiger partial charge >= 0.3 is 0 Å². The average Bonchev–Trinajstić information content (AvgIpc) is 3.19. The summed E-state index contributed by atoms with van der Waals surface area (Å²) in [4.78, 5) is 17.1. The van der Waals surface area contributed by atoms with Crippen molar-refractivity contribution in [1.29, 1.82) is 0 Å². The molecule has 7 nitrogen and oxygen atoms in total. The van der Waals surface area contributed by atoms with Gasteiger partial charge < -0.3 is 4.42 Å². The maximum absolute atomic E-state index is 12.0. The lowest BCUT2D eigenvalue weighted by molar-refractivity contribution is 0.466. The van der Waals surface area contributed by atoms with Gasteiger partial charge in [-0.1, -0.05) is 40.8 Å². The van der Waals surface area contributed by atoms with Crippen molar-refractivity contribution in [2.75, 3.05) is 0 Å². The fourth-order valence-electron chi connectivity index (χ4n) is 2.17. The molecule has 0 unspecified atom stereocenters. The summed E-state index contributed by atoms with van der Waals surface area (Å²) < 4.78 is 6.93. The van der Waals surface area contributed by atoms with Crippen molar-refractivity contribution in [3.05, 3.63) is 56.4 Å². The second-order valence-corrected chi connectivity index (χ2v) is 7.60. The fraction of sp³-hybridized carbons (Fsp3) is 0.133. The molecular weight excluding hydrogens is 382 g/mol. The Kier molecular flexibility index (Phi) is 4.28. The van der Waals surface area contributed by atoms with Gasteiger partial charge in [-0.2, -0.15) is 9.61 Å². The molecule has 0 N–H and O–H groups in total. The van der Waals surface area contributed by atoms with Crippen LogP contribution in [-0.2, 0) is 5.75 Å². The predicted molar refractivity (Wildman–Crippen MR) is 96.2 cm³/mol. The van der Waals surface area contributed by atoms with Crippen LogP contribution in [0.4, 0.5) is 0 Å². The normalized spacial score (nSPS) is 11.3. The zero-order valence-corrected chi connectivity index (χ0v) is 15.2. The highest BCUT2D eigenvalue weighted by atomic mass is 35.5. The number of halogens is 1. The summed E-state index contributed by atoms with van der Waals surface area (Å²) in [7, 11) is 0. The number of thioether (sulfide) groups is 1. The van der Waals surface area contributed by atoms with Gasteiger partial charge in [0.05, 0.1) is 5.69 Å². The number of hydrogen-bond acceptors (Lipinski definition) is 8. The predicted octanol–water partition coefficient (Wildman–Crippen LogP) is 3.46. The van der Waals surface area contributed by atoms with Crippen LogP contribution < -0.4 is 5.56 Å². The molecule has 0 fully saturated rings. The molecule has 0 bridgehead atoms. The molecule has 126 valence electrons. The molecule has 4 aromatic rings. The lowest BCUT2D eigenvalue weighted by Crippen LogP contribution is -2.15. The molecule has 0 aliphatic heterocycles. The first-order chi connectivity index (χ1) is 12.1. The van der Waals surface area contributed by atoms with Gasteiger partial charge in [0.2, 0.25) is 10.9 Å². The van der Waals surface area contributed by atoms with E-state index in [4.69, 9.17) is 16.0 Å². The van der Waals surface area contributed by atoms with Gasteiger partial charge in [0.25, 0.3) is 10.8 Å². The van der Waals surface area contributed by atoms with Crippen LogP contribution in [0.2, 0.25) is 5.02 Å². The van der Waals surface area contributed by atoms with E-state index in [0.29, 0.717) is 32.5 Å². The summed E-state index contributed by atoms with van der Waals surface area (Å²) in [6, 6.07) is 8.66. The summed E-state index contributed by atoms with van der Waals surface area (Å²) in [5.74, 6) is 0.839. The Bertz CT molecular complexity index is 1120. The van der Waals surface area contributed by atoms with E-state index in [1.54, 1.807) is 12.1 Å². The van der Waals surface area contributed by atoms with Gasteiger partial charge in [-0.3, -0.25) is 4.79 Å². The minimum absolute atomic E-state index is 0.199. The third-order valence-corrected chi connectivity index (χ3v) is 5.13. The molecule has 3 heterocycles. The van der Waals surface area contributed by atoms with Crippen LogP contribution in [0, 0.1) is 6.92 Å². The highest BCUT2D eigenvalue weighted by molar-refractivity contribution is 7.98. The van der Waals surface area contributed by atoms with Crippen molar-refractivity contribution < 1.29 is 4.42 Å². The minimum Gasteiger partial charge on any atom is -0.411 e. The van der Waals surface area contributed by atoms with Crippen molar-refractivity contribution >= 4 is 39.7 Å². The molecule has 0 saturated heterocycles. The van der Waals surface area contributed by atoms with Gasteiger partial charge in [0, 0.05) is 22.4 Å². The largest absolute Gasteiger partial charge is 0.411 e. The number of rotatable bonds is 4. The molecular formula is C15H10ClN5O2S2. The lowest BCUT2D eigenvalue weighted by Gasteiger charge is -1.97. The van der Waals surface area contributed by atoms with Crippen molar-refractivity contribution in [1.82, 2.24) is 24.8 Å². The van der Waals surface area contributed by atoms with E-state index in [1.807, 2.05) is 19.1 Å². The first kappa shape index (κ1) is 16.2. The molecule has 0 radical (unpaired) electrons. The van der Waals surface area contributed by atoms with Crippen LogP contribution in [0.5, 0.6) is 0 Å². The number of aryl methyl sites for hydroxylation is 1. The Balaban J connectivity index is 1.53. The molecule has 0 aliphatic carbocycles. The number of benzene rings is 1. The summed E-state index contributed by atoms with van der Waals surface area (Å²) in [5, 5.41) is 13.9. The Morgan fingerprint density at radius 3 is 3.04 bits per heavy atom. The zero-order chi connectivity index (χ0) is 17.4. The monoisotopic (exact) mass is 391 g/mol. The maximum atomic E-state index is 12.0. The summed E-state index contributed by atoms with van der Waals surface area (Å²) in [5.41, 5.74) is 1.20. The van der Waals surface area contributed by atoms with Crippen LogP contribution in [0.25, 0.3) is 16.4 Å². The third kappa shape index (κ3) is 3.44. The van der Waals surface area contributed by atoms with Crippen LogP contribution in [0.1, 0.15) is 10.7 Å². The van der Waals surface area contributed by atoms with Gasteiger partial charge in [-0.05, 0) is 25.1 Å². The molecule has 0 aliphatic rings. The maximum Gasteiger partial charge on any atom is 0.277 e. The van der Waals surface area contributed by atoms with E-state index in [9.17, 15) is 4.79 Å². The van der Waals surface area contributed by atoms with Crippen LogP contribution in [0.3, 0.4) is 0 Å². The molecule has 10 heteroatoms. The smallest absolute Gasteiger partial charge is 0.277 e. The van der Waals surface area contributed by atoms with E-state index in [2.05, 4.69) is 20.3 Å². The second kappa shape index (κ2) is 6.58. The SMILES string of the molecule is Cc1nn2c(=O)cc(CSc3nnc(-c4cccc(Cl)c4)o3)nc2s1. The van der Waals surface area contributed by atoms with Gasteiger partial charge in [-0.25, -0.2) is 4.98 Å². The summed E-state index contributed by atoms with van der Waals surface area (Å²) in [6.45, 7) is 1.84. The number of aromatic nitrogens is 5. The van der Waals surface area contributed by atoms with E-state index in [-0.39, 0.29) is 5.56 Å². The van der Waals surface area contributed by atoms with Crippen LogP contribution >= 0.6 is 34.7 Å². The molecule has 0 amide bonds. The molecule has 3 aromatic heterocycles. The Labute approximate surface area is 154 Å². The Morgan fingerprint density at radius 2 is 2.20 bits per heavy atom. The fourth-order valence-corrected chi connectivity index (χ4v) is 3.78. The first-order valence-electron chi connectivity index (χ1n) is 7.17. The van der Waals surface area contributed by atoms with E-state index in [1.165, 1.54) is 33.7 Å². The average molecular weight is 392 g/mol. The van der Waals surface area contributed by atoms with Crippen LogP contribution in [-0.4, -0.2) is 24.8 Å².